The van der Waals surface area contributed by atoms with E-state index < -0.39 is 11.7 Å². The molecule has 1 aromatic heterocycles. The molecule has 1 amide bonds. The van der Waals surface area contributed by atoms with E-state index in [1.54, 1.807) is 32.0 Å². The summed E-state index contributed by atoms with van der Waals surface area (Å²) in [5.74, 6) is -0.690. The van der Waals surface area contributed by atoms with Crippen LogP contribution in [0.1, 0.15) is 22.8 Å². The van der Waals surface area contributed by atoms with E-state index in [-0.39, 0.29) is 17.1 Å². The summed E-state index contributed by atoms with van der Waals surface area (Å²) in [4.78, 5) is 16.1. The Labute approximate surface area is 116 Å². The molecule has 20 heavy (non-hydrogen) atoms. The largest absolute Gasteiger partial charge is 0.477 e. The van der Waals surface area contributed by atoms with Crippen molar-refractivity contribution < 1.29 is 13.9 Å². The van der Waals surface area contributed by atoms with Gasteiger partial charge in [0.2, 0.25) is 5.88 Å². The molecular formula is C15H15FN2O2. The van der Waals surface area contributed by atoms with Gasteiger partial charge in [0.25, 0.3) is 5.91 Å². The zero-order chi connectivity index (χ0) is 14.5. The zero-order valence-electron chi connectivity index (χ0n) is 11.3. The van der Waals surface area contributed by atoms with Crippen molar-refractivity contribution in [3.63, 3.8) is 0 Å². The second-order valence-corrected chi connectivity index (χ2v) is 4.23. The smallest absolute Gasteiger partial charge is 0.261 e. The van der Waals surface area contributed by atoms with Crippen molar-refractivity contribution in [1.29, 1.82) is 0 Å². The van der Waals surface area contributed by atoms with Crippen LogP contribution in [0.25, 0.3) is 0 Å². The summed E-state index contributed by atoms with van der Waals surface area (Å²) < 4.78 is 19.0. The first-order valence-electron chi connectivity index (χ1n) is 6.27. The number of benzene rings is 1. The topological polar surface area (TPSA) is 51.2 Å². The highest BCUT2D eigenvalue weighted by Crippen LogP contribution is 2.19. The summed E-state index contributed by atoms with van der Waals surface area (Å²) in [5, 5.41) is 2.52. The van der Waals surface area contributed by atoms with Crippen LogP contribution in [0.15, 0.2) is 36.5 Å². The molecule has 0 aliphatic rings. The molecule has 1 N–H and O–H groups in total. The predicted molar refractivity (Wildman–Crippen MR) is 74.5 cm³/mol. The second-order valence-electron chi connectivity index (χ2n) is 4.23. The number of hydrogen-bond acceptors (Lipinski definition) is 3. The maximum absolute atomic E-state index is 13.7. The monoisotopic (exact) mass is 274 g/mol. The minimum Gasteiger partial charge on any atom is -0.477 e. The number of hydrogen-bond donors (Lipinski definition) is 1. The van der Waals surface area contributed by atoms with Gasteiger partial charge in [-0.25, -0.2) is 9.37 Å². The average molecular weight is 274 g/mol. The van der Waals surface area contributed by atoms with Crippen LogP contribution in [0, 0.1) is 12.7 Å². The highest BCUT2D eigenvalue weighted by Gasteiger charge is 2.15. The summed E-state index contributed by atoms with van der Waals surface area (Å²) in [5.41, 5.74) is 1.19. The Kier molecular flexibility index (Phi) is 4.30. The summed E-state index contributed by atoms with van der Waals surface area (Å²) in [6.07, 6.45) is 1.54. The van der Waals surface area contributed by atoms with Crippen LogP contribution >= 0.6 is 0 Å². The first kappa shape index (κ1) is 14.0. The van der Waals surface area contributed by atoms with Gasteiger partial charge in [0.1, 0.15) is 11.4 Å². The molecular weight excluding hydrogens is 259 g/mol. The Morgan fingerprint density at radius 1 is 1.40 bits per heavy atom. The Morgan fingerprint density at radius 3 is 2.90 bits per heavy atom. The maximum Gasteiger partial charge on any atom is 0.261 e. The van der Waals surface area contributed by atoms with E-state index in [9.17, 15) is 9.18 Å². The van der Waals surface area contributed by atoms with Gasteiger partial charge in [0.05, 0.1) is 12.3 Å². The van der Waals surface area contributed by atoms with Crippen molar-refractivity contribution in [2.24, 2.45) is 0 Å². The van der Waals surface area contributed by atoms with E-state index in [2.05, 4.69) is 10.3 Å². The molecule has 2 rings (SSSR count). The Bertz CT molecular complexity index is 629. The molecule has 0 fully saturated rings. The second kappa shape index (κ2) is 6.14. The third-order valence-corrected chi connectivity index (χ3v) is 2.67. The number of anilines is 1. The number of aryl methyl sites for hydroxylation is 1. The van der Waals surface area contributed by atoms with Crippen molar-refractivity contribution in [2.75, 3.05) is 11.9 Å². The van der Waals surface area contributed by atoms with Crippen LogP contribution in [0.3, 0.4) is 0 Å². The zero-order valence-corrected chi connectivity index (χ0v) is 11.3. The molecule has 1 heterocycles. The van der Waals surface area contributed by atoms with Crippen LogP contribution < -0.4 is 10.1 Å². The van der Waals surface area contributed by atoms with E-state index >= 15 is 0 Å². The van der Waals surface area contributed by atoms with Gasteiger partial charge in [-0.05, 0) is 43.7 Å². The van der Waals surface area contributed by atoms with E-state index in [1.165, 1.54) is 18.3 Å². The van der Waals surface area contributed by atoms with Crippen LogP contribution in [0.5, 0.6) is 5.88 Å². The van der Waals surface area contributed by atoms with Gasteiger partial charge in [-0.1, -0.05) is 6.07 Å². The predicted octanol–water partition coefficient (Wildman–Crippen LogP) is 3.18. The molecule has 0 saturated carbocycles. The minimum absolute atomic E-state index is 0.131. The summed E-state index contributed by atoms with van der Waals surface area (Å²) in [7, 11) is 0. The lowest BCUT2D eigenvalue weighted by atomic mass is 10.2. The van der Waals surface area contributed by atoms with Crippen molar-refractivity contribution in [2.45, 2.75) is 13.8 Å². The van der Waals surface area contributed by atoms with E-state index in [0.717, 1.165) is 5.56 Å². The fraction of sp³-hybridized carbons (Fsp3) is 0.200. The number of nitrogens with one attached hydrogen (secondary N) is 1. The molecule has 0 unspecified atom stereocenters. The molecule has 4 nitrogen and oxygen atoms in total. The third kappa shape index (κ3) is 3.12. The Balaban J connectivity index is 2.24. The SMILES string of the molecule is CCOc1ncccc1C(=O)Nc1ccc(C)cc1F. The normalized spacial score (nSPS) is 10.2. The van der Waals surface area contributed by atoms with Gasteiger partial charge in [0, 0.05) is 6.20 Å². The van der Waals surface area contributed by atoms with E-state index in [1.807, 2.05) is 0 Å². The number of ether oxygens (including phenoxy) is 1. The number of aromatic nitrogens is 1. The fourth-order valence-electron chi connectivity index (χ4n) is 1.73. The summed E-state index contributed by atoms with van der Waals surface area (Å²) in [6, 6.07) is 7.83. The van der Waals surface area contributed by atoms with Crippen LogP contribution in [-0.4, -0.2) is 17.5 Å². The standard InChI is InChI=1S/C15H15FN2O2/c1-3-20-15-11(5-4-8-17-15)14(19)18-13-7-6-10(2)9-12(13)16/h4-9H,3H2,1-2H3,(H,18,19). The molecule has 0 radical (unpaired) electrons. The van der Waals surface area contributed by atoms with Crippen molar-refractivity contribution in [3.8, 4) is 5.88 Å². The van der Waals surface area contributed by atoms with Gasteiger partial charge in [-0.15, -0.1) is 0 Å². The van der Waals surface area contributed by atoms with Gasteiger partial charge in [-0.2, -0.15) is 0 Å². The number of carbonyl (C=O) groups excluding carboxylic acids is 1. The molecule has 2 aromatic rings. The molecule has 104 valence electrons. The number of rotatable bonds is 4. The van der Waals surface area contributed by atoms with Crippen LogP contribution in [-0.2, 0) is 0 Å². The number of nitrogens with zero attached hydrogens (tertiary/aromatic N) is 1. The van der Waals surface area contributed by atoms with Gasteiger partial charge < -0.3 is 10.1 Å². The van der Waals surface area contributed by atoms with Crippen LogP contribution in [0.2, 0.25) is 0 Å². The number of amides is 1. The highest BCUT2D eigenvalue weighted by molar-refractivity contribution is 6.05. The number of pyridine rings is 1. The maximum atomic E-state index is 13.7. The van der Waals surface area contributed by atoms with Crippen molar-refractivity contribution in [1.82, 2.24) is 4.98 Å². The molecule has 0 aliphatic heterocycles. The quantitative estimate of drug-likeness (QED) is 0.931. The molecule has 0 atom stereocenters. The molecule has 0 spiro atoms. The molecule has 5 heteroatoms. The molecule has 0 aliphatic carbocycles. The summed E-state index contributed by atoms with van der Waals surface area (Å²) in [6.45, 7) is 3.98. The molecule has 0 saturated heterocycles. The third-order valence-electron chi connectivity index (χ3n) is 2.67. The summed E-state index contributed by atoms with van der Waals surface area (Å²) >= 11 is 0. The lowest BCUT2D eigenvalue weighted by Gasteiger charge is -2.10. The Hall–Kier alpha value is -2.43. The lowest BCUT2D eigenvalue weighted by molar-refractivity contribution is 0.102. The molecule has 0 bridgehead atoms. The first-order chi connectivity index (χ1) is 9.61. The average Bonchev–Trinajstić information content (AvgIpc) is 2.43. The van der Waals surface area contributed by atoms with Gasteiger partial charge in [-0.3, -0.25) is 4.79 Å². The fourth-order valence-corrected chi connectivity index (χ4v) is 1.73. The highest BCUT2D eigenvalue weighted by atomic mass is 19.1. The van der Waals surface area contributed by atoms with E-state index in [0.29, 0.717) is 6.61 Å². The van der Waals surface area contributed by atoms with Crippen LogP contribution in [0.4, 0.5) is 10.1 Å². The van der Waals surface area contributed by atoms with Gasteiger partial charge in [0.15, 0.2) is 0 Å². The van der Waals surface area contributed by atoms with Gasteiger partial charge >= 0.3 is 0 Å². The number of halogens is 1. The van der Waals surface area contributed by atoms with Crippen molar-refractivity contribution in [3.05, 3.63) is 53.5 Å². The lowest BCUT2D eigenvalue weighted by Crippen LogP contribution is -2.15. The molecule has 1 aromatic carbocycles. The Morgan fingerprint density at radius 2 is 2.20 bits per heavy atom. The van der Waals surface area contributed by atoms with Crippen molar-refractivity contribution >= 4 is 11.6 Å². The minimum atomic E-state index is -0.472. The number of carbonyl (C=O) groups is 1. The van der Waals surface area contributed by atoms with E-state index in [4.69, 9.17) is 4.74 Å². The first-order valence-corrected chi connectivity index (χ1v) is 6.27.